The van der Waals surface area contributed by atoms with Gasteiger partial charge in [-0.1, -0.05) is 36.8 Å². The van der Waals surface area contributed by atoms with E-state index in [1.54, 1.807) is 0 Å². The van der Waals surface area contributed by atoms with Crippen molar-refractivity contribution in [1.82, 2.24) is 10.6 Å². The summed E-state index contributed by atoms with van der Waals surface area (Å²) in [7, 11) is 0. The van der Waals surface area contributed by atoms with Crippen molar-refractivity contribution < 1.29 is 0 Å². The smallest absolute Gasteiger partial charge is 0.0143 e. The zero-order valence-corrected chi connectivity index (χ0v) is 14.8. The van der Waals surface area contributed by atoms with E-state index in [0.29, 0.717) is 23.5 Å². The first-order chi connectivity index (χ1) is 11.7. The van der Waals surface area contributed by atoms with Crippen molar-refractivity contribution in [3.05, 3.63) is 35.9 Å². The summed E-state index contributed by atoms with van der Waals surface area (Å²) in [6.45, 7) is 2.39. The highest BCUT2D eigenvalue weighted by atomic mass is 15.0. The lowest BCUT2D eigenvalue weighted by molar-refractivity contribution is 0.117. The highest BCUT2D eigenvalue weighted by molar-refractivity contribution is 5.27. The van der Waals surface area contributed by atoms with Crippen LogP contribution in [0.15, 0.2) is 30.3 Å². The number of hydrogen-bond acceptors (Lipinski definition) is 3. The SMILES string of the molecule is NC1CCC(NCC2(CN[C@H]3CC3c3ccccc3)CCC2)CC1. The molecule has 1 aromatic carbocycles. The lowest BCUT2D eigenvalue weighted by Crippen LogP contribution is -2.50. The zero-order chi connectivity index (χ0) is 16.4. The van der Waals surface area contributed by atoms with E-state index in [9.17, 15) is 0 Å². The van der Waals surface area contributed by atoms with Crippen molar-refractivity contribution in [1.29, 1.82) is 0 Å². The van der Waals surface area contributed by atoms with Crippen molar-refractivity contribution in [2.45, 2.75) is 75.4 Å². The van der Waals surface area contributed by atoms with Gasteiger partial charge in [-0.2, -0.15) is 0 Å². The Labute approximate surface area is 146 Å². The summed E-state index contributed by atoms with van der Waals surface area (Å²) in [5.74, 6) is 0.746. The minimum Gasteiger partial charge on any atom is -0.328 e. The molecule has 3 aliphatic rings. The molecule has 4 rings (SSSR count). The van der Waals surface area contributed by atoms with Gasteiger partial charge < -0.3 is 16.4 Å². The van der Waals surface area contributed by atoms with Gasteiger partial charge in [-0.3, -0.25) is 0 Å². The minimum atomic E-state index is 0.451. The Bertz CT molecular complexity index is 517. The van der Waals surface area contributed by atoms with Crippen LogP contribution in [0.3, 0.4) is 0 Å². The molecule has 0 spiro atoms. The lowest BCUT2D eigenvalue weighted by Gasteiger charge is -2.44. The first-order valence-electron chi connectivity index (χ1n) is 10.0. The van der Waals surface area contributed by atoms with E-state index in [1.807, 2.05) is 0 Å². The van der Waals surface area contributed by atoms with Crippen LogP contribution in [-0.2, 0) is 0 Å². The van der Waals surface area contributed by atoms with Gasteiger partial charge in [-0.15, -0.1) is 0 Å². The van der Waals surface area contributed by atoms with Crippen LogP contribution in [0.4, 0.5) is 0 Å². The third-order valence-corrected chi connectivity index (χ3v) is 6.71. The summed E-state index contributed by atoms with van der Waals surface area (Å²) in [6.07, 6.45) is 10.4. The van der Waals surface area contributed by atoms with E-state index in [1.165, 1.54) is 70.0 Å². The van der Waals surface area contributed by atoms with Gasteiger partial charge >= 0.3 is 0 Å². The normalized spacial score (nSPS) is 34.5. The fourth-order valence-corrected chi connectivity index (χ4v) is 4.61. The standard InChI is InChI=1S/C21H33N3/c22-17-7-9-18(10-8-17)23-14-21(11-4-12-21)15-24-20-13-19(20)16-5-2-1-3-6-16/h1-3,5-6,17-20,23-24H,4,7-15,22H2/t17?,18?,19?,20-/m0/s1. The fraction of sp³-hybridized carbons (Fsp3) is 0.714. The van der Waals surface area contributed by atoms with Crippen LogP contribution in [-0.4, -0.2) is 31.2 Å². The summed E-state index contributed by atoms with van der Waals surface area (Å²) in [6, 6.07) is 12.9. The van der Waals surface area contributed by atoms with Crippen molar-refractivity contribution in [2.75, 3.05) is 13.1 Å². The summed E-state index contributed by atoms with van der Waals surface area (Å²) < 4.78 is 0. The van der Waals surface area contributed by atoms with Gasteiger partial charge in [-0.05, 0) is 55.9 Å². The molecule has 2 atom stereocenters. The fourth-order valence-electron chi connectivity index (χ4n) is 4.61. The molecule has 0 heterocycles. The number of hydrogen-bond donors (Lipinski definition) is 3. The van der Waals surface area contributed by atoms with Crippen molar-refractivity contribution in [3.8, 4) is 0 Å². The Morgan fingerprint density at radius 2 is 1.67 bits per heavy atom. The van der Waals surface area contributed by atoms with Gasteiger partial charge in [0, 0.05) is 37.1 Å². The van der Waals surface area contributed by atoms with E-state index in [0.717, 1.165) is 5.92 Å². The third kappa shape index (κ3) is 3.84. The Hall–Kier alpha value is -0.900. The molecule has 0 radical (unpaired) electrons. The molecule has 24 heavy (non-hydrogen) atoms. The molecule has 1 unspecified atom stereocenters. The van der Waals surface area contributed by atoms with E-state index in [-0.39, 0.29) is 0 Å². The number of nitrogens with one attached hydrogen (secondary N) is 2. The van der Waals surface area contributed by atoms with E-state index < -0.39 is 0 Å². The van der Waals surface area contributed by atoms with Gasteiger partial charge in [-0.25, -0.2) is 0 Å². The van der Waals surface area contributed by atoms with Gasteiger partial charge in [0.1, 0.15) is 0 Å². The topological polar surface area (TPSA) is 50.1 Å². The molecule has 3 aliphatic carbocycles. The van der Waals surface area contributed by atoms with E-state index >= 15 is 0 Å². The second kappa shape index (κ2) is 7.15. The van der Waals surface area contributed by atoms with E-state index in [4.69, 9.17) is 5.73 Å². The van der Waals surface area contributed by atoms with Crippen molar-refractivity contribution >= 4 is 0 Å². The van der Waals surface area contributed by atoms with Crippen LogP contribution < -0.4 is 16.4 Å². The van der Waals surface area contributed by atoms with Crippen molar-refractivity contribution in [3.63, 3.8) is 0 Å². The number of benzene rings is 1. The summed E-state index contributed by atoms with van der Waals surface area (Å²) >= 11 is 0. The second-order valence-electron chi connectivity index (χ2n) is 8.59. The predicted octanol–water partition coefficient (Wildman–Crippen LogP) is 3.16. The quantitative estimate of drug-likeness (QED) is 0.721. The van der Waals surface area contributed by atoms with Crippen molar-refractivity contribution in [2.24, 2.45) is 11.1 Å². The average molecular weight is 328 g/mol. The first kappa shape index (κ1) is 16.6. The van der Waals surface area contributed by atoms with Gasteiger partial charge in [0.25, 0.3) is 0 Å². The van der Waals surface area contributed by atoms with Gasteiger partial charge in [0.05, 0.1) is 0 Å². The van der Waals surface area contributed by atoms with Gasteiger partial charge in [0.2, 0.25) is 0 Å². The summed E-state index contributed by atoms with van der Waals surface area (Å²) in [5, 5.41) is 7.76. The molecule has 3 heteroatoms. The lowest BCUT2D eigenvalue weighted by atomic mass is 9.68. The molecule has 0 amide bonds. The molecular formula is C21H33N3. The predicted molar refractivity (Wildman–Crippen MR) is 100 cm³/mol. The molecule has 0 bridgehead atoms. The molecule has 0 aliphatic heterocycles. The molecule has 1 aromatic rings. The maximum absolute atomic E-state index is 6.03. The maximum Gasteiger partial charge on any atom is 0.0143 e. The Balaban J connectivity index is 1.21. The molecule has 3 nitrogen and oxygen atoms in total. The first-order valence-corrected chi connectivity index (χ1v) is 10.0. The Morgan fingerprint density at radius 1 is 0.958 bits per heavy atom. The minimum absolute atomic E-state index is 0.451. The molecular weight excluding hydrogens is 294 g/mol. The molecule has 4 N–H and O–H groups in total. The number of rotatable bonds is 7. The van der Waals surface area contributed by atoms with Crippen LogP contribution in [0.2, 0.25) is 0 Å². The van der Waals surface area contributed by atoms with Crippen LogP contribution in [0, 0.1) is 5.41 Å². The summed E-state index contributed by atoms with van der Waals surface area (Å²) in [5.41, 5.74) is 8.05. The molecule has 3 fully saturated rings. The van der Waals surface area contributed by atoms with Crippen LogP contribution in [0.1, 0.15) is 62.8 Å². The van der Waals surface area contributed by atoms with Crippen LogP contribution in [0.5, 0.6) is 0 Å². The molecule has 3 saturated carbocycles. The second-order valence-corrected chi connectivity index (χ2v) is 8.59. The monoisotopic (exact) mass is 327 g/mol. The molecule has 0 saturated heterocycles. The molecule has 0 aromatic heterocycles. The maximum atomic E-state index is 6.03. The largest absolute Gasteiger partial charge is 0.328 e. The van der Waals surface area contributed by atoms with Crippen LogP contribution >= 0.6 is 0 Å². The molecule has 132 valence electrons. The van der Waals surface area contributed by atoms with Gasteiger partial charge in [0.15, 0.2) is 0 Å². The highest BCUT2D eigenvalue weighted by Crippen LogP contribution is 2.44. The van der Waals surface area contributed by atoms with E-state index in [2.05, 4.69) is 41.0 Å². The Kier molecular flexibility index (Phi) is 4.93. The average Bonchev–Trinajstić information content (AvgIpc) is 3.36. The Morgan fingerprint density at radius 3 is 2.33 bits per heavy atom. The van der Waals surface area contributed by atoms with Crippen LogP contribution in [0.25, 0.3) is 0 Å². The third-order valence-electron chi connectivity index (χ3n) is 6.71. The number of nitrogens with two attached hydrogens (primary N) is 1. The zero-order valence-electron chi connectivity index (χ0n) is 14.8. The summed E-state index contributed by atoms with van der Waals surface area (Å²) in [4.78, 5) is 0. The highest BCUT2D eigenvalue weighted by Gasteiger charge is 2.42.